The SMILES string of the molecule is Cc1cc(C)c(C(N)c2cncc(Br)c2)c(F)c1. The molecule has 2 rings (SSSR count). The van der Waals surface area contributed by atoms with Crippen molar-refractivity contribution in [1.82, 2.24) is 4.98 Å². The largest absolute Gasteiger partial charge is 0.320 e. The van der Waals surface area contributed by atoms with E-state index in [1.165, 1.54) is 6.07 Å². The monoisotopic (exact) mass is 308 g/mol. The molecule has 0 aliphatic heterocycles. The fraction of sp³-hybridized carbons (Fsp3) is 0.214. The third-order valence-corrected chi connectivity index (χ3v) is 3.31. The highest BCUT2D eigenvalue weighted by Crippen LogP contribution is 2.27. The summed E-state index contributed by atoms with van der Waals surface area (Å²) >= 11 is 3.34. The van der Waals surface area contributed by atoms with Gasteiger partial charge in [0.15, 0.2) is 0 Å². The first-order valence-electron chi connectivity index (χ1n) is 5.61. The maximum Gasteiger partial charge on any atom is 0.128 e. The average molecular weight is 309 g/mol. The Labute approximate surface area is 114 Å². The van der Waals surface area contributed by atoms with Crippen LogP contribution in [0.1, 0.15) is 28.3 Å². The lowest BCUT2D eigenvalue weighted by atomic mass is 9.95. The Morgan fingerprint density at radius 1 is 1.22 bits per heavy atom. The lowest BCUT2D eigenvalue weighted by Crippen LogP contribution is -2.15. The second-order valence-electron chi connectivity index (χ2n) is 4.39. The summed E-state index contributed by atoms with van der Waals surface area (Å²) in [6.45, 7) is 3.74. The van der Waals surface area contributed by atoms with Gasteiger partial charge in [-0.15, -0.1) is 0 Å². The number of pyridine rings is 1. The van der Waals surface area contributed by atoms with E-state index in [9.17, 15) is 4.39 Å². The zero-order valence-corrected chi connectivity index (χ0v) is 11.8. The Kier molecular flexibility index (Phi) is 3.78. The van der Waals surface area contributed by atoms with Crippen LogP contribution in [0.2, 0.25) is 0 Å². The van der Waals surface area contributed by atoms with Crippen LogP contribution in [0.4, 0.5) is 4.39 Å². The van der Waals surface area contributed by atoms with Gasteiger partial charge in [0, 0.05) is 22.4 Å². The number of aryl methyl sites for hydroxylation is 2. The Morgan fingerprint density at radius 3 is 2.56 bits per heavy atom. The van der Waals surface area contributed by atoms with E-state index in [0.29, 0.717) is 5.56 Å². The van der Waals surface area contributed by atoms with Crippen LogP contribution in [0, 0.1) is 19.7 Å². The normalized spacial score (nSPS) is 12.5. The molecule has 0 spiro atoms. The van der Waals surface area contributed by atoms with Gasteiger partial charge in [-0.3, -0.25) is 4.98 Å². The summed E-state index contributed by atoms with van der Waals surface area (Å²) in [6, 6.07) is 4.80. The van der Waals surface area contributed by atoms with Crippen molar-refractivity contribution in [3.63, 3.8) is 0 Å². The molecule has 0 amide bonds. The van der Waals surface area contributed by atoms with Crippen LogP contribution in [0.3, 0.4) is 0 Å². The van der Waals surface area contributed by atoms with Gasteiger partial charge >= 0.3 is 0 Å². The van der Waals surface area contributed by atoms with Crippen molar-refractivity contribution in [3.05, 3.63) is 63.1 Å². The average Bonchev–Trinajstić information content (AvgIpc) is 2.27. The molecule has 18 heavy (non-hydrogen) atoms. The summed E-state index contributed by atoms with van der Waals surface area (Å²) in [7, 11) is 0. The third kappa shape index (κ3) is 2.60. The van der Waals surface area contributed by atoms with Crippen molar-refractivity contribution in [2.75, 3.05) is 0 Å². The fourth-order valence-corrected chi connectivity index (χ4v) is 2.47. The highest BCUT2D eigenvalue weighted by molar-refractivity contribution is 9.10. The van der Waals surface area contributed by atoms with Crippen LogP contribution in [-0.4, -0.2) is 4.98 Å². The minimum atomic E-state index is -0.504. The van der Waals surface area contributed by atoms with Gasteiger partial charge in [-0.1, -0.05) is 6.07 Å². The molecule has 0 bridgehead atoms. The highest BCUT2D eigenvalue weighted by Gasteiger charge is 2.17. The molecular weight excluding hydrogens is 295 g/mol. The Balaban J connectivity index is 2.49. The Morgan fingerprint density at radius 2 is 1.94 bits per heavy atom. The minimum Gasteiger partial charge on any atom is -0.320 e. The standard InChI is InChI=1S/C14H14BrFN2/c1-8-3-9(2)13(12(16)4-8)14(17)10-5-11(15)7-18-6-10/h3-7,14H,17H2,1-2H3. The van der Waals surface area contributed by atoms with Crippen LogP contribution in [0.15, 0.2) is 35.1 Å². The molecule has 1 unspecified atom stereocenters. The van der Waals surface area contributed by atoms with Gasteiger partial charge in [-0.2, -0.15) is 0 Å². The van der Waals surface area contributed by atoms with E-state index >= 15 is 0 Å². The molecule has 0 radical (unpaired) electrons. The van der Waals surface area contributed by atoms with Crippen LogP contribution < -0.4 is 5.73 Å². The maximum absolute atomic E-state index is 14.0. The number of aromatic nitrogens is 1. The minimum absolute atomic E-state index is 0.264. The summed E-state index contributed by atoms with van der Waals surface area (Å²) in [5, 5.41) is 0. The Bertz CT molecular complexity index is 561. The molecule has 0 saturated carbocycles. The van der Waals surface area contributed by atoms with E-state index in [4.69, 9.17) is 5.73 Å². The van der Waals surface area contributed by atoms with Gasteiger partial charge in [-0.25, -0.2) is 4.39 Å². The smallest absolute Gasteiger partial charge is 0.128 e. The molecule has 4 heteroatoms. The molecule has 0 aliphatic carbocycles. The lowest BCUT2D eigenvalue weighted by Gasteiger charge is -2.16. The molecule has 0 fully saturated rings. The van der Waals surface area contributed by atoms with E-state index in [1.54, 1.807) is 12.4 Å². The number of nitrogens with zero attached hydrogens (tertiary/aromatic N) is 1. The predicted molar refractivity (Wildman–Crippen MR) is 73.8 cm³/mol. The van der Waals surface area contributed by atoms with Crippen LogP contribution in [0.5, 0.6) is 0 Å². The van der Waals surface area contributed by atoms with Gasteiger partial charge in [0.05, 0.1) is 6.04 Å². The predicted octanol–water partition coefficient (Wildman–Crippen LogP) is 3.65. The molecule has 0 saturated heterocycles. The quantitative estimate of drug-likeness (QED) is 0.919. The molecule has 1 aromatic carbocycles. The van der Waals surface area contributed by atoms with Crippen molar-refractivity contribution in [2.24, 2.45) is 5.73 Å². The number of hydrogen-bond donors (Lipinski definition) is 1. The van der Waals surface area contributed by atoms with Crippen LogP contribution >= 0.6 is 15.9 Å². The van der Waals surface area contributed by atoms with Crippen molar-refractivity contribution in [2.45, 2.75) is 19.9 Å². The number of nitrogens with two attached hydrogens (primary N) is 1. The number of hydrogen-bond acceptors (Lipinski definition) is 2. The van der Waals surface area contributed by atoms with Crippen molar-refractivity contribution >= 4 is 15.9 Å². The molecule has 1 heterocycles. The van der Waals surface area contributed by atoms with E-state index in [1.807, 2.05) is 26.0 Å². The van der Waals surface area contributed by atoms with Gasteiger partial charge in [0.25, 0.3) is 0 Å². The van der Waals surface area contributed by atoms with Crippen molar-refractivity contribution in [3.8, 4) is 0 Å². The first-order chi connectivity index (χ1) is 8.49. The van der Waals surface area contributed by atoms with Crippen LogP contribution in [0.25, 0.3) is 0 Å². The summed E-state index contributed by atoms with van der Waals surface area (Å²) in [5.41, 5.74) is 9.21. The highest BCUT2D eigenvalue weighted by atomic mass is 79.9. The molecule has 94 valence electrons. The molecule has 2 N–H and O–H groups in total. The third-order valence-electron chi connectivity index (χ3n) is 2.88. The number of halogens is 2. The molecule has 2 aromatic rings. The summed E-state index contributed by atoms with van der Waals surface area (Å²) in [4.78, 5) is 4.06. The number of benzene rings is 1. The summed E-state index contributed by atoms with van der Waals surface area (Å²) in [6.07, 6.45) is 3.34. The van der Waals surface area contributed by atoms with Crippen LogP contribution in [-0.2, 0) is 0 Å². The van der Waals surface area contributed by atoms with Crippen molar-refractivity contribution < 1.29 is 4.39 Å². The summed E-state index contributed by atoms with van der Waals surface area (Å²) in [5.74, 6) is -0.264. The first-order valence-corrected chi connectivity index (χ1v) is 6.41. The summed E-state index contributed by atoms with van der Waals surface area (Å²) < 4.78 is 14.9. The zero-order chi connectivity index (χ0) is 13.3. The number of rotatable bonds is 2. The topological polar surface area (TPSA) is 38.9 Å². The second kappa shape index (κ2) is 5.16. The molecule has 0 aliphatic rings. The maximum atomic E-state index is 14.0. The van der Waals surface area contributed by atoms with E-state index in [-0.39, 0.29) is 5.82 Å². The van der Waals surface area contributed by atoms with E-state index in [2.05, 4.69) is 20.9 Å². The second-order valence-corrected chi connectivity index (χ2v) is 5.31. The lowest BCUT2D eigenvalue weighted by molar-refractivity contribution is 0.595. The Hall–Kier alpha value is -1.26. The first kappa shape index (κ1) is 13.2. The van der Waals surface area contributed by atoms with E-state index in [0.717, 1.165) is 21.2 Å². The zero-order valence-electron chi connectivity index (χ0n) is 10.2. The van der Waals surface area contributed by atoms with Gasteiger partial charge in [0.2, 0.25) is 0 Å². The molecule has 1 atom stereocenters. The fourth-order valence-electron chi connectivity index (χ4n) is 2.09. The van der Waals surface area contributed by atoms with Gasteiger partial charge < -0.3 is 5.73 Å². The molecule has 1 aromatic heterocycles. The van der Waals surface area contributed by atoms with Gasteiger partial charge in [0.1, 0.15) is 5.82 Å². The molecule has 2 nitrogen and oxygen atoms in total. The van der Waals surface area contributed by atoms with Gasteiger partial charge in [-0.05, 0) is 58.6 Å². The van der Waals surface area contributed by atoms with E-state index < -0.39 is 6.04 Å². The van der Waals surface area contributed by atoms with Crippen molar-refractivity contribution in [1.29, 1.82) is 0 Å². The molecular formula is C14H14BrFN2.